The molecular weight excluding hydrogens is 372 g/mol. The highest BCUT2D eigenvalue weighted by Crippen LogP contribution is 2.27. The van der Waals surface area contributed by atoms with Gasteiger partial charge in [-0.3, -0.25) is 9.59 Å². The third-order valence-corrected chi connectivity index (χ3v) is 4.27. The van der Waals surface area contributed by atoms with Crippen LogP contribution >= 0.6 is 0 Å². The second kappa shape index (κ2) is 9.45. The highest BCUT2D eigenvalue weighted by atomic mass is 16.5. The summed E-state index contributed by atoms with van der Waals surface area (Å²) < 4.78 is 15.6. The molecule has 0 aliphatic heterocycles. The molecule has 0 fully saturated rings. The quantitative estimate of drug-likeness (QED) is 0.610. The molecule has 0 atom stereocenters. The van der Waals surface area contributed by atoms with Gasteiger partial charge in [0.2, 0.25) is 0 Å². The summed E-state index contributed by atoms with van der Waals surface area (Å²) in [5.74, 6) is 0.917. The van der Waals surface area contributed by atoms with Crippen molar-refractivity contribution < 1.29 is 23.5 Å². The van der Waals surface area contributed by atoms with Gasteiger partial charge in [0.05, 0.1) is 20.5 Å². The number of hydrogen-bond donors (Lipinski definition) is 2. The lowest BCUT2D eigenvalue weighted by atomic mass is 10.1. The highest BCUT2D eigenvalue weighted by Gasteiger charge is 2.11. The predicted octanol–water partition coefficient (Wildman–Crippen LogP) is 3.52. The first-order valence-corrected chi connectivity index (χ1v) is 9.04. The minimum atomic E-state index is -0.374. The first-order valence-electron chi connectivity index (χ1n) is 9.04. The van der Waals surface area contributed by atoms with Gasteiger partial charge in [0.15, 0.2) is 17.3 Å². The number of methoxy groups -OCH3 is 2. The van der Waals surface area contributed by atoms with E-state index >= 15 is 0 Å². The normalized spacial score (nSPS) is 10.3. The molecule has 7 nitrogen and oxygen atoms in total. The van der Waals surface area contributed by atoms with Crippen LogP contribution in [0.3, 0.4) is 0 Å². The van der Waals surface area contributed by atoms with Gasteiger partial charge in [0.25, 0.3) is 11.8 Å². The van der Waals surface area contributed by atoms with Crippen LogP contribution in [0.2, 0.25) is 0 Å². The SMILES string of the molecule is COc1ccc(CCNC(=O)c2cccc(NC(=O)c3ccco3)c2)cc1OC. The lowest BCUT2D eigenvalue weighted by Gasteiger charge is -2.10. The molecule has 2 aromatic carbocycles. The van der Waals surface area contributed by atoms with Crippen molar-refractivity contribution in [3.8, 4) is 11.5 Å². The maximum absolute atomic E-state index is 12.4. The summed E-state index contributed by atoms with van der Waals surface area (Å²) in [6.45, 7) is 0.456. The molecule has 1 heterocycles. The third kappa shape index (κ3) is 5.16. The third-order valence-electron chi connectivity index (χ3n) is 4.27. The zero-order valence-electron chi connectivity index (χ0n) is 16.2. The van der Waals surface area contributed by atoms with Crippen LogP contribution in [0.25, 0.3) is 0 Å². The lowest BCUT2D eigenvalue weighted by Crippen LogP contribution is -2.25. The Bertz CT molecular complexity index is 983. The van der Waals surface area contributed by atoms with Gasteiger partial charge in [-0.1, -0.05) is 12.1 Å². The number of benzene rings is 2. The minimum Gasteiger partial charge on any atom is -0.493 e. The highest BCUT2D eigenvalue weighted by molar-refractivity contribution is 6.03. The topological polar surface area (TPSA) is 89.8 Å². The average molecular weight is 394 g/mol. The molecule has 0 saturated heterocycles. The van der Waals surface area contributed by atoms with Gasteiger partial charge in [-0.05, 0) is 54.4 Å². The molecule has 0 saturated carbocycles. The number of carbonyl (C=O) groups excluding carboxylic acids is 2. The van der Waals surface area contributed by atoms with E-state index in [1.54, 1.807) is 50.6 Å². The Balaban J connectivity index is 1.56. The van der Waals surface area contributed by atoms with Gasteiger partial charge in [0.1, 0.15) is 0 Å². The molecule has 1 aromatic heterocycles. The van der Waals surface area contributed by atoms with E-state index in [0.29, 0.717) is 35.7 Å². The molecule has 0 bridgehead atoms. The molecule has 3 rings (SSSR count). The van der Waals surface area contributed by atoms with Crippen LogP contribution in [-0.4, -0.2) is 32.6 Å². The van der Waals surface area contributed by atoms with Gasteiger partial charge in [-0.2, -0.15) is 0 Å². The molecule has 0 radical (unpaired) electrons. The van der Waals surface area contributed by atoms with Crippen LogP contribution < -0.4 is 20.1 Å². The first-order chi connectivity index (χ1) is 14.1. The van der Waals surface area contributed by atoms with E-state index in [9.17, 15) is 9.59 Å². The Morgan fingerprint density at radius 1 is 0.931 bits per heavy atom. The van der Waals surface area contributed by atoms with Crippen molar-refractivity contribution in [1.29, 1.82) is 0 Å². The van der Waals surface area contributed by atoms with Crippen molar-refractivity contribution >= 4 is 17.5 Å². The van der Waals surface area contributed by atoms with Crippen LogP contribution in [0, 0.1) is 0 Å². The smallest absolute Gasteiger partial charge is 0.291 e. The summed E-state index contributed by atoms with van der Waals surface area (Å²) in [5.41, 5.74) is 1.98. The maximum atomic E-state index is 12.4. The van der Waals surface area contributed by atoms with Crippen molar-refractivity contribution in [2.75, 3.05) is 26.1 Å². The second-order valence-electron chi connectivity index (χ2n) is 6.21. The maximum Gasteiger partial charge on any atom is 0.291 e. The number of nitrogens with one attached hydrogen (secondary N) is 2. The molecule has 7 heteroatoms. The van der Waals surface area contributed by atoms with Gasteiger partial charge in [-0.25, -0.2) is 0 Å². The summed E-state index contributed by atoms with van der Waals surface area (Å²) in [5, 5.41) is 5.59. The summed E-state index contributed by atoms with van der Waals surface area (Å²) >= 11 is 0. The first kappa shape index (κ1) is 20.0. The molecule has 0 aliphatic carbocycles. The Labute approximate surface area is 168 Å². The van der Waals surface area contributed by atoms with Gasteiger partial charge < -0.3 is 24.5 Å². The second-order valence-corrected chi connectivity index (χ2v) is 6.21. The zero-order chi connectivity index (χ0) is 20.6. The van der Waals surface area contributed by atoms with Crippen molar-refractivity contribution in [2.45, 2.75) is 6.42 Å². The largest absolute Gasteiger partial charge is 0.493 e. The summed E-state index contributed by atoms with van der Waals surface area (Å²) in [6.07, 6.45) is 2.07. The van der Waals surface area contributed by atoms with Crippen molar-refractivity contribution in [1.82, 2.24) is 5.32 Å². The van der Waals surface area contributed by atoms with Gasteiger partial charge >= 0.3 is 0 Å². The van der Waals surface area contributed by atoms with Crippen LogP contribution in [0.15, 0.2) is 65.3 Å². The standard InChI is InChI=1S/C22H22N2O5/c1-27-18-9-8-15(13-20(18)28-2)10-11-23-21(25)16-5-3-6-17(14-16)24-22(26)19-7-4-12-29-19/h3-9,12-14H,10-11H2,1-2H3,(H,23,25)(H,24,26). The van der Waals surface area contributed by atoms with E-state index in [-0.39, 0.29) is 17.6 Å². The molecule has 0 unspecified atom stereocenters. The Morgan fingerprint density at radius 3 is 2.48 bits per heavy atom. The fourth-order valence-electron chi connectivity index (χ4n) is 2.80. The Hall–Kier alpha value is -3.74. The Morgan fingerprint density at radius 2 is 1.76 bits per heavy atom. The number of carbonyl (C=O) groups is 2. The van der Waals surface area contributed by atoms with Gasteiger partial charge in [0, 0.05) is 17.8 Å². The van der Waals surface area contributed by atoms with Crippen LogP contribution in [0.4, 0.5) is 5.69 Å². The monoisotopic (exact) mass is 394 g/mol. The molecular formula is C22H22N2O5. The average Bonchev–Trinajstić information content (AvgIpc) is 3.29. The van der Waals surface area contributed by atoms with Crippen molar-refractivity contribution in [3.63, 3.8) is 0 Å². The fourth-order valence-corrected chi connectivity index (χ4v) is 2.80. The molecule has 3 aromatic rings. The van der Waals surface area contributed by atoms with E-state index < -0.39 is 0 Å². The molecule has 0 aliphatic rings. The predicted molar refractivity (Wildman–Crippen MR) is 109 cm³/mol. The number of amides is 2. The van der Waals surface area contributed by atoms with Gasteiger partial charge in [-0.15, -0.1) is 0 Å². The van der Waals surface area contributed by atoms with Crippen LogP contribution in [0.5, 0.6) is 11.5 Å². The molecule has 2 amide bonds. The van der Waals surface area contributed by atoms with Crippen LogP contribution in [-0.2, 0) is 6.42 Å². The number of anilines is 1. The molecule has 29 heavy (non-hydrogen) atoms. The number of ether oxygens (including phenoxy) is 2. The molecule has 2 N–H and O–H groups in total. The molecule has 0 spiro atoms. The van der Waals surface area contributed by atoms with E-state index in [1.807, 2.05) is 18.2 Å². The summed E-state index contributed by atoms with van der Waals surface area (Å²) in [4.78, 5) is 24.5. The minimum absolute atomic E-state index is 0.203. The number of rotatable bonds is 8. The fraction of sp³-hybridized carbons (Fsp3) is 0.182. The van der Waals surface area contributed by atoms with E-state index in [1.165, 1.54) is 6.26 Å². The van der Waals surface area contributed by atoms with E-state index in [4.69, 9.17) is 13.9 Å². The summed E-state index contributed by atoms with van der Waals surface area (Å²) in [7, 11) is 3.17. The number of hydrogen-bond acceptors (Lipinski definition) is 5. The summed E-state index contributed by atoms with van der Waals surface area (Å²) in [6, 6.07) is 15.6. The van der Waals surface area contributed by atoms with Crippen molar-refractivity contribution in [2.24, 2.45) is 0 Å². The number of furan rings is 1. The van der Waals surface area contributed by atoms with Crippen molar-refractivity contribution in [3.05, 3.63) is 77.7 Å². The lowest BCUT2D eigenvalue weighted by molar-refractivity contribution is 0.0952. The van der Waals surface area contributed by atoms with Crippen LogP contribution in [0.1, 0.15) is 26.5 Å². The Kier molecular flexibility index (Phi) is 6.52. The zero-order valence-corrected chi connectivity index (χ0v) is 16.2. The van der Waals surface area contributed by atoms with E-state index in [2.05, 4.69) is 10.6 Å². The van der Waals surface area contributed by atoms with E-state index in [0.717, 1.165) is 5.56 Å². The molecule has 150 valence electrons.